The van der Waals surface area contributed by atoms with Crippen LogP contribution in [0.5, 0.6) is 5.75 Å². The van der Waals surface area contributed by atoms with Gasteiger partial charge in [-0.25, -0.2) is 13.6 Å². The average Bonchev–Trinajstić information content (AvgIpc) is 2.92. The number of carbonyl (C=O) groups excluding carboxylic acids is 1. The highest BCUT2D eigenvalue weighted by atomic mass is 32.2. The first kappa shape index (κ1) is 17.0. The second kappa shape index (κ2) is 6.43. The number of nitrogens with one attached hydrogen (secondary N) is 1. The van der Waals surface area contributed by atoms with E-state index in [9.17, 15) is 13.2 Å². The van der Waals surface area contributed by atoms with Crippen LogP contribution < -0.4 is 15.2 Å². The molecule has 1 heterocycles. The zero-order chi connectivity index (χ0) is 17.2. The summed E-state index contributed by atoms with van der Waals surface area (Å²) in [6.45, 7) is 3.56. The van der Waals surface area contributed by atoms with E-state index >= 15 is 0 Å². The Balaban J connectivity index is 2.30. The summed E-state index contributed by atoms with van der Waals surface area (Å²) in [4.78, 5) is 12.3. The third-order valence-electron chi connectivity index (χ3n) is 3.28. The number of benzene rings is 1. The number of carbonyl (C=O) groups is 1. The first-order valence-corrected chi connectivity index (χ1v) is 8.35. The quantitative estimate of drug-likeness (QED) is 0.862. The Morgan fingerprint density at radius 3 is 2.52 bits per heavy atom. The number of ether oxygens (including phenoxy) is 1. The lowest BCUT2D eigenvalue weighted by Crippen LogP contribution is -2.27. The van der Waals surface area contributed by atoms with Crippen LogP contribution >= 0.6 is 0 Å². The summed E-state index contributed by atoms with van der Waals surface area (Å²) >= 11 is 0. The number of hydrogen-bond acceptors (Lipinski definition) is 5. The van der Waals surface area contributed by atoms with Gasteiger partial charge in [-0.2, -0.15) is 0 Å². The van der Waals surface area contributed by atoms with Crippen LogP contribution in [0.25, 0.3) is 0 Å². The van der Waals surface area contributed by atoms with Gasteiger partial charge < -0.3 is 14.5 Å². The third kappa shape index (κ3) is 3.91. The van der Waals surface area contributed by atoms with E-state index in [-0.39, 0.29) is 22.3 Å². The Morgan fingerprint density at radius 1 is 1.30 bits per heavy atom. The topological polar surface area (TPSA) is 112 Å². The highest BCUT2D eigenvalue weighted by molar-refractivity contribution is 7.89. The summed E-state index contributed by atoms with van der Waals surface area (Å²) in [6, 6.07) is 7.02. The van der Waals surface area contributed by atoms with Gasteiger partial charge in [-0.05, 0) is 44.2 Å². The SMILES string of the molecule is COc1ccc(S(N)(=O)=O)cc1C(=O)NC(C)c1ccc(C)o1. The standard InChI is InChI=1S/C15H18N2O5S/c1-9-4-6-13(22-9)10(2)17-15(18)12-8-11(23(16,19)20)5-7-14(12)21-3/h4-8,10H,1-3H3,(H,17,18)(H2,16,19,20). The lowest BCUT2D eigenvalue weighted by atomic mass is 10.1. The number of rotatable bonds is 5. The van der Waals surface area contributed by atoms with Gasteiger partial charge in [0.2, 0.25) is 10.0 Å². The fourth-order valence-electron chi connectivity index (χ4n) is 2.07. The van der Waals surface area contributed by atoms with Crippen molar-refractivity contribution in [2.45, 2.75) is 24.8 Å². The summed E-state index contributed by atoms with van der Waals surface area (Å²) in [5.41, 5.74) is 0.0779. The molecule has 0 spiro atoms. The van der Waals surface area contributed by atoms with Crippen LogP contribution in [0.15, 0.2) is 39.6 Å². The van der Waals surface area contributed by atoms with E-state index in [1.165, 1.54) is 25.3 Å². The Morgan fingerprint density at radius 2 is 2.00 bits per heavy atom. The second-order valence-corrected chi connectivity index (χ2v) is 6.61. The third-order valence-corrected chi connectivity index (χ3v) is 4.19. The van der Waals surface area contributed by atoms with Crippen LogP contribution in [0.3, 0.4) is 0 Å². The molecule has 0 fully saturated rings. The molecule has 0 saturated carbocycles. The molecule has 1 atom stereocenters. The van der Waals surface area contributed by atoms with Crippen LogP contribution in [0.1, 0.15) is 34.8 Å². The largest absolute Gasteiger partial charge is 0.496 e. The monoisotopic (exact) mass is 338 g/mol. The molecule has 1 aromatic heterocycles. The van der Waals surface area contributed by atoms with Gasteiger partial charge in [0.05, 0.1) is 23.6 Å². The maximum Gasteiger partial charge on any atom is 0.255 e. The predicted molar refractivity (Wildman–Crippen MR) is 83.7 cm³/mol. The Bertz CT molecular complexity index is 826. The van der Waals surface area contributed by atoms with Gasteiger partial charge in [-0.3, -0.25) is 4.79 Å². The van der Waals surface area contributed by atoms with Gasteiger partial charge in [0.1, 0.15) is 17.3 Å². The summed E-state index contributed by atoms with van der Waals surface area (Å²) in [6.07, 6.45) is 0. The van der Waals surface area contributed by atoms with E-state index in [2.05, 4.69) is 5.32 Å². The zero-order valence-corrected chi connectivity index (χ0v) is 13.8. The number of furan rings is 1. The number of nitrogens with two attached hydrogens (primary N) is 1. The Labute approximate surface area is 134 Å². The van der Waals surface area contributed by atoms with Crippen molar-refractivity contribution in [2.24, 2.45) is 5.14 Å². The van der Waals surface area contributed by atoms with E-state index in [1.807, 2.05) is 0 Å². The maximum atomic E-state index is 12.4. The number of methoxy groups -OCH3 is 1. The first-order valence-electron chi connectivity index (χ1n) is 6.80. The fourth-order valence-corrected chi connectivity index (χ4v) is 2.61. The number of aryl methyl sites for hydroxylation is 1. The molecular formula is C15H18N2O5S. The van der Waals surface area contributed by atoms with Crippen LogP contribution in [0, 0.1) is 6.92 Å². The molecule has 8 heteroatoms. The van der Waals surface area contributed by atoms with Crippen molar-refractivity contribution >= 4 is 15.9 Å². The van der Waals surface area contributed by atoms with E-state index in [0.717, 1.165) is 5.76 Å². The molecule has 0 bridgehead atoms. The van der Waals surface area contributed by atoms with Crippen molar-refractivity contribution in [1.82, 2.24) is 5.32 Å². The van der Waals surface area contributed by atoms with Gasteiger partial charge >= 0.3 is 0 Å². The minimum absolute atomic E-state index is 0.0779. The van der Waals surface area contributed by atoms with Crippen molar-refractivity contribution in [3.8, 4) is 5.75 Å². The number of sulfonamides is 1. The van der Waals surface area contributed by atoms with Crippen LogP contribution in [0.2, 0.25) is 0 Å². The minimum Gasteiger partial charge on any atom is -0.496 e. The van der Waals surface area contributed by atoms with Gasteiger partial charge in [-0.15, -0.1) is 0 Å². The zero-order valence-electron chi connectivity index (χ0n) is 13.0. The van der Waals surface area contributed by atoms with Gasteiger partial charge in [-0.1, -0.05) is 0 Å². The molecule has 23 heavy (non-hydrogen) atoms. The summed E-state index contributed by atoms with van der Waals surface area (Å²) < 4.78 is 33.4. The summed E-state index contributed by atoms with van der Waals surface area (Å²) in [5.74, 6) is 1.08. The highest BCUT2D eigenvalue weighted by Gasteiger charge is 2.20. The molecule has 0 saturated heterocycles. The van der Waals surface area contributed by atoms with Crippen molar-refractivity contribution in [1.29, 1.82) is 0 Å². The van der Waals surface area contributed by atoms with Crippen LogP contribution in [-0.2, 0) is 10.0 Å². The Hall–Kier alpha value is -2.32. The smallest absolute Gasteiger partial charge is 0.255 e. The normalized spacial score (nSPS) is 12.7. The summed E-state index contributed by atoms with van der Waals surface area (Å²) in [5, 5.41) is 7.83. The maximum absolute atomic E-state index is 12.4. The number of amides is 1. The first-order chi connectivity index (χ1) is 10.7. The molecular weight excluding hydrogens is 320 g/mol. The molecule has 3 N–H and O–H groups in total. The molecule has 1 unspecified atom stereocenters. The molecule has 0 aliphatic rings. The van der Waals surface area contributed by atoms with Crippen molar-refractivity contribution in [2.75, 3.05) is 7.11 Å². The molecule has 0 radical (unpaired) electrons. The van der Waals surface area contributed by atoms with Crippen molar-refractivity contribution < 1.29 is 22.4 Å². The van der Waals surface area contributed by atoms with Crippen LogP contribution in [0.4, 0.5) is 0 Å². The van der Waals surface area contributed by atoms with Crippen LogP contribution in [-0.4, -0.2) is 21.4 Å². The van der Waals surface area contributed by atoms with E-state index in [1.54, 1.807) is 26.0 Å². The van der Waals surface area contributed by atoms with Crippen molar-refractivity contribution in [3.05, 3.63) is 47.4 Å². The van der Waals surface area contributed by atoms with Gasteiger partial charge in [0.15, 0.2) is 0 Å². The van der Waals surface area contributed by atoms with Gasteiger partial charge in [0.25, 0.3) is 5.91 Å². The molecule has 0 aliphatic heterocycles. The molecule has 7 nitrogen and oxygen atoms in total. The molecule has 2 aromatic rings. The lowest BCUT2D eigenvalue weighted by Gasteiger charge is -2.14. The molecule has 1 aromatic carbocycles. The van der Waals surface area contributed by atoms with Crippen molar-refractivity contribution in [3.63, 3.8) is 0 Å². The highest BCUT2D eigenvalue weighted by Crippen LogP contribution is 2.23. The predicted octanol–water partition coefficient (Wildman–Crippen LogP) is 1.74. The van der Waals surface area contributed by atoms with E-state index in [0.29, 0.717) is 5.76 Å². The molecule has 124 valence electrons. The molecule has 1 amide bonds. The number of hydrogen-bond donors (Lipinski definition) is 2. The van der Waals surface area contributed by atoms with E-state index in [4.69, 9.17) is 14.3 Å². The molecule has 2 rings (SSSR count). The lowest BCUT2D eigenvalue weighted by molar-refractivity contribution is 0.0932. The molecule has 0 aliphatic carbocycles. The average molecular weight is 338 g/mol. The number of primary sulfonamides is 1. The second-order valence-electron chi connectivity index (χ2n) is 5.05. The van der Waals surface area contributed by atoms with Gasteiger partial charge in [0, 0.05) is 0 Å². The summed E-state index contributed by atoms with van der Waals surface area (Å²) in [7, 11) is -2.52. The Kier molecular flexibility index (Phi) is 4.76. The fraction of sp³-hybridized carbons (Fsp3) is 0.267. The minimum atomic E-state index is -3.92. The van der Waals surface area contributed by atoms with E-state index < -0.39 is 15.9 Å².